The van der Waals surface area contributed by atoms with Crippen LogP contribution >= 0.6 is 0 Å². The van der Waals surface area contributed by atoms with Gasteiger partial charge in [0, 0.05) is 18.8 Å². The molecule has 2 nitrogen and oxygen atoms in total. The fourth-order valence-electron chi connectivity index (χ4n) is 1.48. The highest BCUT2D eigenvalue weighted by atomic mass is 15.2. The minimum absolute atomic E-state index is 0.636. The van der Waals surface area contributed by atoms with Crippen LogP contribution in [-0.2, 0) is 7.05 Å². The van der Waals surface area contributed by atoms with E-state index in [1.807, 2.05) is 17.9 Å². The van der Waals surface area contributed by atoms with Gasteiger partial charge in [-0.25, -0.2) is 0 Å². The van der Waals surface area contributed by atoms with E-state index in [2.05, 4.69) is 50.3 Å². The fraction of sp³-hybridized carbons (Fsp3) is 0.500. The third-order valence-electron chi connectivity index (χ3n) is 2.71. The molecule has 0 aliphatic carbocycles. The average molecular weight is 218 g/mol. The van der Waals surface area contributed by atoms with Crippen LogP contribution in [0, 0.1) is 5.92 Å². The van der Waals surface area contributed by atoms with Gasteiger partial charge in [0.25, 0.3) is 0 Å². The highest BCUT2D eigenvalue weighted by Crippen LogP contribution is 2.17. The molecule has 88 valence electrons. The summed E-state index contributed by atoms with van der Waals surface area (Å²) in [4.78, 5) is 0. The van der Waals surface area contributed by atoms with Gasteiger partial charge in [0.15, 0.2) is 0 Å². The van der Waals surface area contributed by atoms with Crippen molar-refractivity contribution in [3.05, 3.63) is 36.2 Å². The molecule has 0 saturated carbocycles. The number of aromatic nitrogens is 2. The molecule has 0 aliphatic rings. The molecule has 0 radical (unpaired) electrons. The molecule has 2 heteroatoms. The second kappa shape index (κ2) is 6.31. The first-order valence-corrected chi connectivity index (χ1v) is 6.04. The van der Waals surface area contributed by atoms with Gasteiger partial charge in [-0.2, -0.15) is 5.10 Å². The van der Waals surface area contributed by atoms with Gasteiger partial charge in [-0.15, -0.1) is 0 Å². The molecule has 0 amide bonds. The van der Waals surface area contributed by atoms with Gasteiger partial charge in [0.2, 0.25) is 0 Å². The molecule has 0 aromatic carbocycles. The van der Waals surface area contributed by atoms with E-state index in [0.29, 0.717) is 5.92 Å². The Kier molecular flexibility index (Phi) is 5.03. The summed E-state index contributed by atoms with van der Waals surface area (Å²) >= 11 is 0. The SMILES string of the molecule is CC/C=C(\C=C/C(C)CC)c1cnn(C)c1. The number of aryl methyl sites for hydroxylation is 1. The maximum atomic E-state index is 4.21. The van der Waals surface area contributed by atoms with Crippen molar-refractivity contribution >= 4 is 5.57 Å². The van der Waals surface area contributed by atoms with Crippen molar-refractivity contribution < 1.29 is 0 Å². The number of hydrogen-bond acceptors (Lipinski definition) is 1. The van der Waals surface area contributed by atoms with Gasteiger partial charge in [-0.1, -0.05) is 45.4 Å². The van der Waals surface area contributed by atoms with Gasteiger partial charge in [-0.05, 0) is 17.9 Å². The highest BCUT2D eigenvalue weighted by molar-refractivity contribution is 5.73. The predicted octanol–water partition coefficient (Wildman–Crippen LogP) is 3.82. The number of allylic oxidation sites excluding steroid dienone is 4. The minimum atomic E-state index is 0.636. The van der Waals surface area contributed by atoms with Gasteiger partial charge in [-0.3, -0.25) is 4.68 Å². The van der Waals surface area contributed by atoms with Crippen LogP contribution < -0.4 is 0 Å². The normalized spacial score (nSPS) is 14.6. The van der Waals surface area contributed by atoms with Crippen molar-refractivity contribution in [3.63, 3.8) is 0 Å². The van der Waals surface area contributed by atoms with Crippen LogP contribution in [0.15, 0.2) is 30.6 Å². The van der Waals surface area contributed by atoms with E-state index in [-0.39, 0.29) is 0 Å². The third-order valence-corrected chi connectivity index (χ3v) is 2.71. The molecule has 0 N–H and O–H groups in total. The van der Waals surface area contributed by atoms with Crippen LogP contribution in [0.3, 0.4) is 0 Å². The molecule has 1 rings (SSSR count). The van der Waals surface area contributed by atoms with Crippen molar-refractivity contribution in [1.29, 1.82) is 0 Å². The molecule has 1 heterocycles. The zero-order valence-electron chi connectivity index (χ0n) is 10.8. The number of nitrogens with zero attached hydrogens (tertiary/aromatic N) is 2. The molecule has 1 atom stereocenters. The molecule has 1 unspecified atom stereocenters. The largest absolute Gasteiger partial charge is 0.275 e. The lowest BCUT2D eigenvalue weighted by Crippen LogP contribution is -1.86. The molecule has 1 aromatic heterocycles. The molecule has 0 aliphatic heterocycles. The first-order chi connectivity index (χ1) is 7.67. The number of rotatable bonds is 5. The zero-order valence-corrected chi connectivity index (χ0v) is 10.8. The molecular formula is C14H22N2. The Hall–Kier alpha value is -1.31. The summed E-state index contributed by atoms with van der Waals surface area (Å²) in [6, 6.07) is 0. The molecule has 1 aromatic rings. The zero-order chi connectivity index (χ0) is 12.0. The molecule has 0 spiro atoms. The van der Waals surface area contributed by atoms with E-state index in [9.17, 15) is 0 Å². The van der Waals surface area contributed by atoms with E-state index in [0.717, 1.165) is 6.42 Å². The van der Waals surface area contributed by atoms with E-state index >= 15 is 0 Å². The Morgan fingerprint density at radius 2 is 2.25 bits per heavy atom. The Balaban J connectivity index is 2.84. The van der Waals surface area contributed by atoms with Gasteiger partial charge >= 0.3 is 0 Å². The van der Waals surface area contributed by atoms with E-state index in [1.54, 1.807) is 0 Å². The smallest absolute Gasteiger partial charge is 0.0568 e. The Bertz CT molecular complexity index is 372. The minimum Gasteiger partial charge on any atom is -0.275 e. The summed E-state index contributed by atoms with van der Waals surface area (Å²) in [5.41, 5.74) is 2.47. The third kappa shape index (κ3) is 3.69. The van der Waals surface area contributed by atoms with Gasteiger partial charge in [0.1, 0.15) is 0 Å². The fourth-order valence-corrected chi connectivity index (χ4v) is 1.48. The average Bonchev–Trinajstić information content (AvgIpc) is 2.70. The van der Waals surface area contributed by atoms with Crippen molar-refractivity contribution in [2.45, 2.75) is 33.6 Å². The predicted molar refractivity (Wildman–Crippen MR) is 70.1 cm³/mol. The first kappa shape index (κ1) is 12.8. The standard InChI is InChI=1S/C14H22N2/c1-5-7-13(9-8-12(3)6-2)14-10-15-16(4)11-14/h7-12H,5-6H2,1-4H3/b9-8-,13-7+. The van der Waals surface area contributed by atoms with Crippen LogP contribution in [0.5, 0.6) is 0 Å². The summed E-state index contributed by atoms with van der Waals surface area (Å²) in [5.74, 6) is 0.636. The van der Waals surface area contributed by atoms with Gasteiger partial charge in [0.05, 0.1) is 6.20 Å². The lowest BCUT2D eigenvalue weighted by molar-refractivity contribution is 0.698. The highest BCUT2D eigenvalue weighted by Gasteiger charge is 2.00. The molecule has 0 saturated heterocycles. The van der Waals surface area contributed by atoms with Crippen LogP contribution in [-0.4, -0.2) is 9.78 Å². The van der Waals surface area contributed by atoms with Crippen LogP contribution in [0.1, 0.15) is 39.2 Å². The molecule has 16 heavy (non-hydrogen) atoms. The van der Waals surface area contributed by atoms with E-state index < -0.39 is 0 Å². The van der Waals surface area contributed by atoms with Gasteiger partial charge < -0.3 is 0 Å². The summed E-state index contributed by atoms with van der Waals surface area (Å²) in [5, 5.41) is 4.21. The summed E-state index contributed by atoms with van der Waals surface area (Å²) in [6.07, 6.45) is 12.9. The Morgan fingerprint density at radius 1 is 1.50 bits per heavy atom. The van der Waals surface area contributed by atoms with Crippen molar-refractivity contribution in [3.8, 4) is 0 Å². The van der Waals surface area contributed by atoms with Crippen LogP contribution in [0.25, 0.3) is 5.57 Å². The second-order valence-electron chi connectivity index (χ2n) is 4.22. The summed E-state index contributed by atoms with van der Waals surface area (Å²) < 4.78 is 1.84. The van der Waals surface area contributed by atoms with Crippen LogP contribution in [0.4, 0.5) is 0 Å². The lowest BCUT2D eigenvalue weighted by atomic mass is 10.0. The first-order valence-electron chi connectivity index (χ1n) is 6.04. The molecule has 0 bridgehead atoms. The number of hydrogen-bond donors (Lipinski definition) is 0. The quantitative estimate of drug-likeness (QED) is 0.687. The van der Waals surface area contributed by atoms with Crippen molar-refractivity contribution in [2.75, 3.05) is 0 Å². The lowest BCUT2D eigenvalue weighted by Gasteiger charge is -2.02. The topological polar surface area (TPSA) is 17.8 Å². The van der Waals surface area contributed by atoms with E-state index in [4.69, 9.17) is 0 Å². The maximum absolute atomic E-state index is 4.21. The summed E-state index contributed by atoms with van der Waals surface area (Å²) in [7, 11) is 1.95. The van der Waals surface area contributed by atoms with E-state index in [1.165, 1.54) is 17.6 Å². The second-order valence-corrected chi connectivity index (χ2v) is 4.22. The van der Waals surface area contributed by atoms with Crippen molar-refractivity contribution in [1.82, 2.24) is 9.78 Å². The Morgan fingerprint density at radius 3 is 2.75 bits per heavy atom. The monoisotopic (exact) mass is 218 g/mol. The molecule has 0 fully saturated rings. The Labute approximate surface area is 98.7 Å². The van der Waals surface area contributed by atoms with Crippen molar-refractivity contribution in [2.24, 2.45) is 13.0 Å². The van der Waals surface area contributed by atoms with Crippen LogP contribution in [0.2, 0.25) is 0 Å². The summed E-state index contributed by atoms with van der Waals surface area (Å²) in [6.45, 7) is 6.61. The maximum Gasteiger partial charge on any atom is 0.0568 e. The molecular weight excluding hydrogens is 196 g/mol.